The predicted molar refractivity (Wildman–Crippen MR) is 44.4 cm³/mol. The maximum Gasteiger partial charge on any atom is 0.0930 e. The minimum absolute atomic E-state index is 0.0892. The molecule has 0 aromatic carbocycles. The van der Waals surface area contributed by atoms with Crippen molar-refractivity contribution < 1.29 is 5.11 Å². The standard InChI is InChI=1S/C6H13ClOSi/c1-6(4-8)9(2,3)5-7/h8H,1,4-5H2,2-3H3. The molecule has 1 nitrogen and oxygen atoms in total. The monoisotopic (exact) mass is 164 g/mol. The van der Waals surface area contributed by atoms with Gasteiger partial charge in [0.2, 0.25) is 0 Å². The summed E-state index contributed by atoms with van der Waals surface area (Å²) >= 11 is 5.66. The first-order valence-electron chi connectivity index (χ1n) is 2.89. The molecule has 0 aromatic rings. The second-order valence-electron chi connectivity index (χ2n) is 2.78. The third-order valence-corrected chi connectivity index (χ3v) is 6.23. The van der Waals surface area contributed by atoms with Crippen LogP contribution < -0.4 is 0 Å². The molecule has 0 heterocycles. The van der Waals surface area contributed by atoms with E-state index in [0.29, 0.717) is 5.50 Å². The van der Waals surface area contributed by atoms with E-state index in [2.05, 4.69) is 19.7 Å². The zero-order chi connectivity index (χ0) is 7.49. The van der Waals surface area contributed by atoms with Gasteiger partial charge in [0.15, 0.2) is 0 Å². The second kappa shape index (κ2) is 3.39. The average molecular weight is 165 g/mol. The Morgan fingerprint density at radius 2 is 2.11 bits per heavy atom. The van der Waals surface area contributed by atoms with Crippen LogP contribution >= 0.6 is 11.6 Å². The van der Waals surface area contributed by atoms with Crippen molar-refractivity contribution in [2.45, 2.75) is 13.1 Å². The SMILES string of the molecule is C=C(CO)[Si](C)(C)CCl. The molecule has 0 amide bonds. The van der Waals surface area contributed by atoms with Gasteiger partial charge in [0, 0.05) is 5.50 Å². The summed E-state index contributed by atoms with van der Waals surface area (Å²) in [6, 6.07) is 0. The van der Waals surface area contributed by atoms with Crippen LogP contribution in [0.25, 0.3) is 0 Å². The number of aliphatic hydroxyl groups is 1. The highest BCUT2D eigenvalue weighted by molar-refractivity contribution is 6.89. The van der Waals surface area contributed by atoms with E-state index >= 15 is 0 Å². The lowest BCUT2D eigenvalue weighted by molar-refractivity contribution is 0.338. The molecule has 9 heavy (non-hydrogen) atoms. The Bertz CT molecular complexity index is 112. The smallest absolute Gasteiger partial charge is 0.0930 e. The molecule has 0 saturated heterocycles. The molecular formula is C6H13ClOSi. The van der Waals surface area contributed by atoms with Crippen LogP contribution in [0.5, 0.6) is 0 Å². The van der Waals surface area contributed by atoms with Crippen LogP contribution in [-0.2, 0) is 0 Å². The fourth-order valence-electron chi connectivity index (χ4n) is 0.309. The molecule has 54 valence electrons. The predicted octanol–water partition coefficient (Wildman–Crippen LogP) is 1.56. The third kappa shape index (κ3) is 2.52. The Kier molecular flexibility index (Phi) is 3.47. The van der Waals surface area contributed by atoms with E-state index < -0.39 is 8.07 Å². The Labute approximate surface area is 62.4 Å². The van der Waals surface area contributed by atoms with Crippen LogP contribution in [0.2, 0.25) is 13.1 Å². The van der Waals surface area contributed by atoms with Crippen molar-refractivity contribution in [1.82, 2.24) is 0 Å². The highest BCUT2D eigenvalue weighted by Crippen LogP contribution is 2.13. The van der Waals surface area contributed by atoms with Gasteiger partial charge in [0.1, 0.15) is 0 Å². The molecule has 0 saturated carbocycles. The zero-order valence-corrected chi connectivity index (χ0v) is 7.70. The number of hydrogen-bond donors (Lipinski definition) is 1. The normalized spacial score (nSPS) is 11.6. The topological polar surface area (TPSA) is 20.2 Å². The maximum atomic E-state index is 8.68. The summed E-state index contributed by atoms with van der Waals surface area (Å²) in [7, 11) is -1.46. The van der Waals surface area contributed by atoms with Crippen molar-refractivity contribution in [2.24, 2.45) is 0 Å². The summed E-state index contributed by atoms with van der Waals surface area (Å²) in [6.45, 7) is 8.02. The lowest BCUT2D eigenvalue weighted by Gasteiger charge is -2.19. The molecule has 1 N–H and O–H groups in total. The molecule has 0 radical (unpaired) electrons. The molecule has 0 aromatic heterocycles. The quantitative estimate of drug-likeness (QED) is 0.496. The van der Waals surface area contributed by atoms with Crippen molar-refractivity contribution >= 4 is 19.7 Å². The molecule has 0 unspecified atom stereocenters. The lowest BCUT2D eigenvalue weighted by atomic mass is 10.7. The van der Waals surface area contributed by atoms with Crippen LogP contribution in [-0.4, -0.2) is 25.3 Å². The number of halogens is 1. The van der Waals surface area contributed by atoms with E-state index in [0.717, 1.165) is 5.20 Å². The minimum atomic E-state index is -1.46. The summed E-state index contributed by atoms with van der Waals surface area (Å²) < 4.78 is 0. The van der Waals surface area contributed by atoms with Crippen LogP contribution in [0.15, 0.2) is 11.8 Å². The van der Waals surface area contributed by atoms with E-state index in [1.165, 1.54) is 0 Å². The Morgan fingerprint density at radius 1 is 1.67 bits per heavy atom. The van der Waals surface area contributed by atoms with E-state index in [4.69, 9.17) is 16.7 Å². The first-order chi connectivity index (χ1) is 4.04. The molecule has 0 spiro atoms. The number of aliphatic hydroxyl groups excluding tert-OH is 1. The molecule has 0 bridgehead atoms. The Balaban J connectivity index is 3.97. The van der Waals surface area contributed by atoms with Gasteiger partial charge < -0.3 is 5.11 Å². The van der Waals surface area contributed by atoms with Crippen LogP contribution in [0, 0.1) is 0 Å². The summed E-state index contributed by atoms with van der Waals surface area (Å²) in [5.74, 6) is 0. The summed E-state index contributed by atoms with van der Waals surface area (Å²) in [6.07, 6.45) is 0. The Hall–Kier alpha value is 0.207. The highest BCUT2D eigenvalue weighted by atomic mass is 35.5. The van der Waals surface area contributed by atoms with E-state index in [-0.39, 0.29) is 6.61 Å². The van der Waals surface area contributed by atoms with Crippen molar-refractivity contribution in [3.05, 3.63) is 11.8 Å². The molecule has 0 rings (SSSR count). The fraction of sp³-hybridized carbons (Fsp3) is 0.667. The molecular weight excluding hydrogens is 152 g/mol. The van der Waals surface area contributed by atoms with E-state index in [9.17, 15) is 0 Å². The molecule has 0 fully saturated rings. The van der Waals surface area contributed by atoms with Crippen molar-refractivity contribution in [3.63, 3.8) is 0 Å². The molecule has 0 aliphatic rings. The summed E-state index contributed by atoms with van der Waals surface area (Å²) in [5.41, 5.74) is 0.645. The second-order valence-corrected chi connectivity index (χ2v) is 8.32. The van der Waals surface area contributed by atoms with Crippen molar-refractivity contribution in [1.29, 1.82) is 0 Å². The third-order valence-electron chi connectivity index (χ3n) is 1.48. The van der Waals surface area contributed by atoms with Gasteiger partial charge in [-0.2, -0.15) is 0 Å². The van der Waals surface area contributed by atoms with Gasteiger partial charge in [-0.3, -0.25) is 0 Å². The largest absolute Gasteiger partial charge is 0.392 e. The van der Waals surface area contributed by atoms with Gasteiger partial charge in [-0.1, -0.05) is 18.3 Å². The number of rotatable bonds is 3. The van der Waals surface area contributed by atoms with Gasteiger partial charge in [-0.15, -0.1) is 18.2 Å². The van der Waals surface area contributed by atoms with Crippen LogP contribution in [0.4, 0.5) is 0 Å². The lowest BCUT2D eigenvalue weighted by Crippen LogP contribution is -2.32. The average Bonchev–Trinajstić information content (AvgIpc) is 1.86. The first-order valence-corrected chi connectivity index (χ1v) is 6.64. The van der Waals surface area contributed by atoms with Crippen LogP contribution in [0.3, 0.4) is 0 Å². The highest BCUT2D eigenvalue weighted by Gasteiger charge is 2.21. The van der Waals surface area contributed by atoms with Crippen molar-refractivity contribution in [2.75, 3.05) is 12.1 Å². The van der Waals surface area contributed by atoms with E-state index in [1.54, 1.807) is 0 Å². The molecule has 0 aliphatic carbocycles. The number of hydrogen-bond acceptors (Lipinski definition) is 1. The fourth-order valence-corrected chi connectivity index (χ4v) is 1.49. The number of alkyl halides is 1. The van der Waals surface area contributed by atoms with Crippen molar-refractivity contribution in [3.8, 4) is 0 Å². The van der Waals surface area contributed by atoms with Gasteiger partial charge >= 0.3 is 0 Å². The van der Waals surface area contributed by atoms with Crippen LogP contribution in [0.1, 0.15) is 0 Å². The first kappa shape index (κ1) is 9.21. The van der Waals surface area contributed by atoms with Gasteiger partial charge in [-0.05, 0) is 0 Å². The maximum absolute atomic E-state index is 8.68. The summed E-state index contributed by atoms with van der Waals surface area (Å²) in [5, 5.41) is 9.61. The zero-order valence-electron chi connectivity index (χ0n) is 5.95. The Morgan fingerprint density at radius 3 is 2.22 bits per heavy atom. The van der Waals surface area contributed by atoms with Gasteiger partial charge in [-0.25, -0.2) is 0 Å². The summed E-state index contributed by atoms with van der Waals surface area (Å²) in [4.78, 5) is 0. The molecule has 3 heteroatoms. The molecule has 0 atom stereocenters. The molecule has 0 aliphatic heterocycles. The van der Waals surface area contributed by atoms with E-state index in [1.807, 2.05) is 0 Å². The van der Waals surface area contributed by atoms with Gasteiger partial charge in [0.25, 0.3) is 0 Å². The minimum Gasteiger partial charge on any atom is -0.392 e. The van der Waals surface area contributed by atoms with Gasteiger partial charge in [0.05, 0.1) is 14.7 Å².